The summed E-state index contributed by atoms with van der Waals surface area (Å²) in [6, 6.07) is 19.1. The summed E-state index contributed by atoms with van der Waals surface area (Å²) < 4.78 is 11.5. The number of rotatable bonds is 8. The molecule has 0 bridgehead atoms. The van der Waals surface area contributed by atoms with Crippen molar-refractivity contribution in [2.75, 3.05) is 19.6 Å². The number of benzene rings is 2. The van der Waals surface area contributed by atoms with Crippen molar-refractivity contribution in [3.05, 3.63) is 77.4 Å². The molecule has 1 fully saturated rings. The maximum absolute atomic E-state index is 12.4. The van der Waals surface area contributed by atoms with Gasteiger partial charge in [-0.2, -0.15) is 0 Å². The third kappa shape index (κ3) is 8.53. The number of hydrogen-bond donors (Lipinski definition) is 0. The Hall–Kier alpha value is -2.79. The van der Waals surface area contributed by atoms with Gasteiger partial charge in [0.05, 0.1) is 0 Å². The first-order valence-electron chi connectivity index (χ1n) is 12.3. The molecule has 34 heavy (non-hydrogen) atoms. The summed E-state index contributed by atoms with van der Waals surface area (Å²) in [7, 11) is 0. The molecule has 2 aromatic carbocycles. The van der Waals surface area contributed by atoms with Crippen LogP contribution in [0.4, 0.5) is 4.79 Å². The van der Waals surface area contributed by atoms with E-state index in [9.17, 15) is 4.79 Å². The molecule has 0 unspecified atom stereocenters. The zero-order chi connectivity index (χ0) is 24.6. The average molecular weight is 465 g/mol. The third-order valence-corrected chi connectivity index (χ3v) is 5.92. The molecule has 0 atom stereocenters. The molecule has 5 heteroatoms. The summed E-state index contributed by atoms with van der Waals surface area (Å²) in [5, 5.41) is 0. The summed E-state index contributed by atoms with van der Waals surface area (Å²) in [5.74, 6) is 0.883. The standard InChI is InChI=1S/C29H40N2O3/c1-23(2)15-18-31(26-16-19-30(20-17-26)28(32)34-29(3,4)5)21-24-11-13-27(14-12-24)33-22-25-9-7-6-8-10-25/h6-15,26H,16-22H2,1-5H3. The molecule has 0 aliphatic carbocycles. The van der Waals surface area contributed by atoms with Crippen LogP contribution in [0.25, 0.3) is 0 Å². The number of ether oxygens (including phenoxy) is 2. The molecule has 3 rings (SSSR count). The molecule has 2 aromatic rings. The fourth-order valence-electron chi connectivity index (χ4n) is 4.05. The maximum Gasteiger partial charge on any atom is 0.410 e. The van der Waals surface area contributed by atoms with E-state index in [-0.39, 0.29) is 6.09 Å². The molecule has 0 aromatic heterocycles. The zero-order valence-electron chi connectivity index (χ0n) is 21.4. The van der Waals surface area contributed by atoms with E-state index >= 15 is 0 Å². The molecule has 1 amide bonds. The molecule has 0 N–H and O–H groups in total. The van der Waals surface area contributed by atoms with Crippen molar-refractivity contribution in [2.45, 2.75) is 72.3 Å². The minimum atomic E-state index is -0.458. The fraction of sp³-hybridized carbons (Fsp3) is 0.483. The molecule has 1 saturated heterocycles. The number of amides is 1. The lowest BCUT2D eigenvalue weighted by atomic mass is 10.0. The van der Waals surface area contributed by atoms with Gasteiger partial charge in [-0.1, -0.05) is 54.1 Å². The van der Waals surface area contributed by atoms with E-state index in [2.05, 4.69) is 61.2 Å². The first-order chi connectivity index (χ1) is 16.2. The van der Waals surface area contributed by atoms with Crippen molar-refractivity contribution < 1.29 is 14.3 Å². The van der Waals surface area contributed by atoms with Crippen molar-refractivity contribution in [2.24, 2.45) is 0 Å². The second-order valence-corrected chi connectivity index (χ2v) is 10.3. The maximum atomic E-state index is 12.4. The molecule has 1 aliphatic rings. The van der Waals surface area contributed by atoms with E-state index < -0.39 is 5.60 Å². The van der Waals surface area contributed by atoms with Gasteiger partial charge in [0.25, 0.3) is 0 Å². The number of likely N-dealkylation sites (tertiary alicyclic amines) is 1. The summed E-state index contributed by atoms with van der Waals surface area (Å²) in [6.45, 7) is 13.8. The van der Waals surface area contributed by atoms with Crippen molar-refractivity contribution in [3.8, 4) is 5.75 Å². The monoisotopic (exact) mass is 464 g/mol. The van der Waals surface area contributed by atoms with Crippen LogP contribution in [0.15, 0.2) is 66.2 Å². The predicted molar refractivity (Wildman–Crippen MR) is 138 cm³/mol. The van der Waals surface area contributed by atoms with E-state index in [0.29, 0.717) is 12.6 Å². The molecular weight excluding hydrogens is 424 g/mol. The van der Waals surface area contributed by atoms with E-state index in [1.807, 2.05) is 43.9 Å². The number of carbonyl (C=O) groups excluding carboxylic acids is 1. The second kappa shape index (κ2) is 12.1. The van der Waals surface area contributed by atoms with Crippen LogP contribution >= 0.6 is 0 Å². The van der Waals surface area contributed by atoms with Gasteiger partial charge in [-0.15, -0.1) is 0 Å². The Bertz CT molecular complexity index is 920. The zero-order valence-corrected chi connectivity index (χ0v) is 21.4. The van der Waals surface area contributed by atoms with Crippen LogP contribution in [-0.4, -0.2) is 47.2 Å². The Morgan fingerprint density at radius 2 is 1.65 bits per heavy atom. The normalized spacial score (nSPS) is 14.7. The molecule has 0 spiro atoms. The molecule has 5 nitrogen and oxygen atoms in total. The van der Waals surface area contributed by atoms with Gasteiger partial charge >= 0.3 is 6.09 Å². The quantitative estimate of drug-likeness (QED) is 0.422. The molecule has 184 valence electrons. The van der Waals surface area contributed by atoms with E-state index in [0.717, 1.165) is 50.3 Å². The summed E-state index contributed by atoms with van der Waals surface area (Å²) in [5.41, 5.74) is 3.29. The number of nitrogens with zero attached hydrogens (tertiary/aromatic N) is 2. The van der Waals surface area contributed by atoms with Crippen LogP contribution in [-0.2, 0) is 17.9 Å². The van der Waals surface area contributed by atoms with Crippen molar-refractivity contribution in [1.82, 2.24) is 9.80 Å². The fourth-order valence-corrected chi connectivity index (χ4v) is 4.05. The summed E-state index contributed by atoms with van der Waals surface area (Å²) >= 11 is 0. The van der Waals surface area contributed by atoms with Gasteiger partial charge in [0.2, 0.25) is 0 Å². The molecule has 1 aliphatic heterocycles. The van der Waals surface area contributed by atoms with Crippen LogP contribution in [0.5, 0.6) is 5.75 Å². The van der Waals surface area contributed by atoms with Crippen molar-refractivity contribution in [3.63, 3.8) is 0 Å². The topological polar surface area (TPSA) is 42.0 Å². The van der Waals surface area contributed by atoms with Gasteiger partial charge < -0.3 is 14.4 Å². The molecule has 0 radical (unpaired) electrons. The van der Waals surface area contributed by atoms with Crippen LogP contribution < -0.4 is 4.74 Å². The second-order valence-electron chi connectivity index (χ2n) is 10.3. The Labute approximate surface area is 205 Å². The van der Waals surface area contributed by atoms with Gasteiger partial charge in [-0.05, 0) is 70.7 Å². The lowest BCUT2D eigenvalue weighted by molar-refractivity contribution is 0.0144. The van der Waals surface area contributed by atoms with E-state index in [1.54, 1.807) is 0 Å². The van der Waals surface area contributed by atoms with Gasteiger partial charge in [0.15, 0.2) is 0 Å². The van der Waals surface area contributed by atoms with Crippen molar-refractivity contribution >= 4 is 6.09 Å². The Kier molecular flexibility index (Phi) is 9.17. The number of piperidine rings is 1. The van der Waals surface area contributed by atoms with E-state index in [4.69, 9.17) is 9.47 Å². The SMILES string of the molecule is CC(C)=CCN(Cc1ccc(OCc2ccccc2)cc1)C1CCN(C(=O)OC(C)(C)C)CC1. The smallest absolute Gasteiger partial charge is 0.410 e. The molecule has 1 heterocycles. The van der Waals surface area contributed by atoms with Crippen LogP contribution in [0.3, 0.4) is 0 Å². The van der Waals surface area contributed by atoms with Gasteiger partial charge in [0.1, 0.15) is 18.0 Å². The number of allylic oxidation sites excluding steroid dienone is 1. The largest absolute Gasteiger partial charge is 0.489 e. The minimum absolute atomic E-state index is 0.201. The molecule has 0 saturated carbocycles. The lowest BCUT2D eigenvalue weighted by Gasteiger charge is -2.38. The summed E-state index contributed by atoms with van der Waals surface area (Å²) in [6.07, 6.45) is 3.99. The Morgan fingerprint density at radius 1 is 1.00 bits per heavy atom. The lowest BCUT2D eigenvalue weighted by Crippen LogP contribution is -2.47. The van der Waals surface area contributed by atoms with Crippen LogP contribution in [0.2, 0.25) is 0 Å². The van der Waals surface area contributed by atoms with Crippen LogP contribution in [0, 0.1) is 0 Å². The average Bonchev–Trinajstić information content (AvgIpc) is 2.81. The third-order valence-electron chi connectivity index (χ3n) is 5.92. The first kappa shape index (κ1) is 25.8. The summed E-state index contributed by atoms with van der Waals surface area (Å²) in [4.78, 5) is 16.8. The Balaban J connectivity index is 1.57. The highest BCUT2D eigenvalue weighted by Gasteiger charge is 2.29. The number of hydrogen-bond acceptors (Lipinski definition) is 4. The predicted octanol–water partition coefficient (Wildman–Crippen LogP) is 6.43. The first-order valence-corrected chi connectivity index (χ1v) is 12.3. The van der Waals surface area contributed by atoms with Gasteiger partial charge in [0, 0.05) is 32.2 Å². The highest BCUT2D eigenvalue weighted by molar-refractivity contribution is 5.68. The minimum Gasteiger partial charge on any atom is -0.489 e. The highest BCUT2D eigenvalue weighted by atomic mass is 16.6. The van der Waals surface area contributed by atoms with Crippen molar-refractivity contribution in [1.29, 1.82) is 0 Å². The number of carbonyl (C=O) groups is 1. The van der Waals surface area contributed by atoms with Gasteiger partial charge in [-0.3, -0.25) is 4.90 Å². The van der Waals surface area contributed by atoms with Crippen LogP contribution in [0.1, 0.15) is 58.6 Å². The highest BCUT2D eigenvalue weighted by Crippen LogP contribution is 2.22. The van der Waals surface area contributed by atoms with Gasteiger partial charge in [-0.25, -0.2) is 4.79 Å². The van der Waals surface area contributed by atoms with E-state index in [1.165, 1.54) is 11.1 Å². The molecular formula is C29H40N2O3. The Morgan fingerprint density at radius 3 is 2.24 bits per heavy atom.